The first-order chi connectivity index (χ1) is 13.0. The molecule has 2 atom stereocenters. The molecule has 0 aliphatic carbocycles. The number of anilines is 1. The van der Waals surface area contributed by atoms with E-state index in [1.807, 2.05) is 19.1 Å². The number of methoxy groups -OCH3 is 1. The van der Waals surface area contributed by atoms with E-state index in [0.717, 1.165) is 5.56 Å². The van der Waals surface area contributed by atoms with Crippen LogP contribution < -0.4 is 19.5 Å². The monoisotopic (exact) mass is 371 g/mol. The summed E-state index contributed by atoms with van der Waals surface area (Å²) in [5.41, 5.74) is 1.47. The van der Waals surface area contributed by atoms with E-state index in [2.05, 4.69) is 5.32 Å². The van der Waals surface area contributed by atoms with E-state index in [-0.39, 0.29) is 0 Å². The fraction of sp³-hybridized carbons (Fsp3) is 0.300. The second kappa shape index (κ2) is 7.99. The Kier molecular flexibility index (Phi) is 5.49. The summed E-state index contributed by atoms with van der Waals surface area (Å²) in [6.07, 6.45) is -1.48. The molecule has 0 saturated carbocycles. The molecular formula is C20H21NO6. The molecule has 1 amide bonds. The summed E-state index contributed by atoms with van der Waals surface area (Å²) in [6.45, 7) is 3.17. The van der Waals surface area contributed by atoms with Crippen molar-refractivity contribution in [3.63, 3.8) is 0 Å². The molecule has 0 aromatic heterocycles. The lowest BCUT2D eigenvalue weighted by molar-refractivity contribution is -0.159. The molecule has 2 aromatic carbocycles. The minimum Gasteiger partial charge on any atom is -0.495 e. The molecule has 3 rings (SSSR count). The van der Waals surface area contributed by atoms with Gasteiger partial charge in [0.2, 0.25) is 6.10 Å². The van der Waals surface area contributed by atoms with Crippen LogP contribution in [0.4, 0.5) is 5.69 Å². The Bertz CT molecular complexity index is 850. The third kappa shape index (κ3) is 4.31. The first kappa shape index (κ1) is 18.6. The fourth-order valence-electron chi connectivity index (χ4n) is 2.70. The van der Waals surface area contributed by atoms with E-state index in [1.54, 1.807) is 37.3 Å². The summed E-state index contributed by atoms with van der Waals surface area (Å²) in [4.78, 5) is 24.5. The average Bonchev–Trinajstić information content (AvgIpc) is 2.65. The Hall–Kier alpha value is -3.22. The first-order valence-electron chi connectivity index (χ1n) is 8.51. The van der Waals surface area contributed by atoms with Crippen molar-refractivity contribution in [2.45, 2.75) is 26.1 Å². The van der Waals surface area contributed by atoms with Crippen molar-refractivity contribution in [2.75, 3.05) is 19.0 Å². The fourth-order valence-corrected chi connectivity index (χ4v) is 2.70. The van der Waals surface area contributed by atoms with Gasteiger partial charge in [-0.1, -0.05) is 18.2 Å². The number of rotatable bonds is 5. The molecule has 2 aromatic rings. The summed E-state index contributed by atoms with van der Waals surface area (Å²) < 4.78 is 21.6. The number of hydrogen-bond donors (Lipinski definition) is 1. The SMILES string of the molecule is COc1ccc(C)cc1NC(=O)COC(=O)C1Oc2ccccc2OC1C. The predicted octanol–water partition coefficient (Wildman–Crippen LogP) is 2.71. The van der Waals surface area contributed by atoms with Crippen molar-refractivity contribution >= 4 is 17.6 Å². The molecule has 1 N–H and O–H groups in total. The molecular weight excluding hydrogens is 350 g/mol. The molecule has 142 valence electrons. The second-order valence-corrected chi connectivity index (χ2v) is 6.17. The Labute approximate surface area is 157 Å². The Balaban J connectivity index is 1.58. The van der Waals surface area contributed by atoms with Crippen LogP contribution in [0.3, 0.4) is 0 Å². The van der Waals surface area contributed by atoms with Gasteiger partial charge in [-0.05, 0) is 43.7 Å². The second-order valence-electron chi connectivity index (χ2n) is 6.17. The summed E-state index contributed by atoms with van der Waals surface area (Å²) in [5.74, 6) is 0.416. The van der Waals surface area contributed by atoms with Crippen LogP contribution in [0.15, 0.2) is 42.5 Å². The number of para-hydroxylation sites is 2. The normalized spacial score (nSPS) is 17.7. The molecule has 27 heavy (non-hydrogen) atoms. The van der Waals surface area contributed by atoms with Gasteiger partial charge in [-0.2, -0.15) is 0 Å². The van der Waals surface area contributed by atoms with Crippen LogP contribution in [0, 0.1) is 6.92 Å². The predicted molar refractivity (Wildman–Crippen MR) is 98.3 cm³/mol. The van der Waals surface area contributed by atoms with E-state index in [0.29, 0.717) is 22.9 Å². The van der Waals surface area contributed by atoms with Gasteiger partial charge in [0, 0.05) is 0 Å². The van der Waals surface area contributed by atoms with Crippen LogP contribution in [-0.2, 0) is 14.3 Å². The minimum absolute atomic E-state index is 0.440. The molecule has 7 heteroatoms. The summed E-state index contributed by atoms with van der Waals surface area (Å²) in [6, 6.07) is 12.5. The molecule has 0 spiro atoms. The minimum atomic E-state index is -0.943. The smallest absolute Gasteiger partial charge is 0.351 e. The molecule has 1 heterocycles. The van der Waals surface area contributed by atoms with Crippen LogP contribution in [-0.4, -0.2) is 37.8 Å². The summed E-state index contributed by atoms with van der Waals surface area (Å²) in [5, 5.41) is 2.67. The van der Waals surface area contributed by atoms with Crippen LogP contribution in [0.5, 0.6) is 17.2 Å². The largest absolute Gasteiger partial charge is 0.495 e. The maximum atomic E-state index is 12.3. The van der Waals surface area contributed by atoms with Gasteiger partial charge in [0.15, 0.2) is 18.1 Å². The zero-order chi connectivity index (χ0) is 19.4. The number of ether oxygens (including phenoxy) is 4. The third-order valence-electron chi connectivity index (χ3n) is 4.05. The van der Waals surface area contributed by atoms with Gasteiger partial charge >= 0.3 is 5.97 Å². The van der Waals surface area contributed by atoms with Crippen LogP contribution in [0.1, 0.15) is 12.5 Å². The number of benzene rings is 2. The third-order valence-corrected chi connectivity index (χ3v) is 4.05. The van der Waals surface area contributed by atoms with Crippen LogP contribution in [0.25, 0.3) is 0 Å². The van der Waals surface area contributed by atoms with Gasteiger partial charge in [0.05, 0.1) is 12.8 Å². The van der Waals surface area contributed by atoms with Crippen LogP contribution in [0.2, 0.25) is 0 Å². The van der Waals surface area contributed by atoms with Gasteiger partial charge in [0.1, 0.15) is 11.9 Å². The molecule has 7 nitrogen and oxygen atoms in total. The molecule has 1 aliphatic rings. The van der Waals surface area contributed by atoms with Crippen molar-refractivity contribution < 1.29 is 28.5 Å². The topological polar surface area (TPSA) is 83.1 Å². The van der Waals surface area contributed by atoms with Gasteiger partial charge in [-0.3, -0.25) is 4.79 Å². The number of hydrogen-bond acceptors (Lipinski definition) is 6. The van der Waals surface area contributed by atoms with E-state index < -0.39 is 30.7 Å². The number of aryl methyl sites for hydroxylation is 1. The molecule has 0 fully saturated rings. The Morgan fingerprint density at radius 3 is 2.52 bits per heavy atom. The first-order valence-corrected chi connectivity index (χ1v) is 8.51. The zero-order valence-electron chi connectivity index (χ0n) is 15.4. The highest BCUT2D eigenvalue weighted by Gasteiger charge is 2.35. The quantitative estimate of drug-likeness (QED) is 0.814. The van der Waals surface area contributed by atoms with Crippen LogP contribution >= 0.6 is 0 Å². The lowest BCUT2D eigenvalue weighted by Crippen LogP contribution is -2.45. The van der Waals surface area contributed by atoms with Gasteiger partial charge < -0.3 is 24.3 Å². The summed E-state index contributed by atoms with van der Waals surface area (Å²) in [7, 11) is 1.51. The molecule has 2 unspecified atom stereocenters. The lowest BCUT2D eigenvalue weighted by Gasteiger charge is -2.30. The van der Waals surface area contributed by atoms with E-state index in [4.69, 9.17) is 18.9 Å². The standard InChI is InChI=1S/C20H21NO6/c1-12-8-9-15(24-3)14(10-12)21-18(22)11-25-20(23)19-13(2)26-16-6-4-5-7-17(16)27-19/h4-10,13,19H,11H2,1-3H3,(H,21,22). The Morgan fingerprint density at radius 1 is 1.11 bits per heavy atom. The van der Waals surface area contributed by atoms with E-state index >= 15 is 0 Å². The number of amides is 1. The van der Waals surface area contributed by atoms with Crippen molar-refractivity contribution in [3.05, 3.63) is 48.0 Å². The summed E-state index contributed by atoms with van der Waals surface area (Å²) >= 11 is 0. The molecule has 0 saturated heterocycles. The van der Waals surface area contributed by atoms with Gasteiger partial charge in [-0.25, -0.2) is 4.79 Å². The molecule has 0 bridgehead atoms. The number of carbonyl (C=O) groups excluding carboxylic acids is 2. The maximum Gasteiger partial charge on any atom is 0.351 e. The maximum absolute atomic E-state index is 12.3. The van der Waals surface area contributed by atoms with E-state index in [9.17, 15) is 9.59 Å². The van der Waals surface area contributed by atoms with Crippen molar-refractivity contribution in [1.82, 2.24) is 0 Å². The highest BCUT2D eigenvalue weighted by molar-refractivity contribution is 5.94. The lowest BCUT2D eigenvalue weighted by atomic mass is 10.2. The van der Waals surface area contributed by atoms with E-state index in [1.165, 1.54) is 7.11 Å². The zero-order valence-corrected chi connectivity index (χ0v) is 15.4. The highest BCUT2D eigenvalue weighted by Crippen LogP contribution is 2.33. The van der Waals surface area contributed by atoms with Crippen molar-refractivity contribution in [3.8, 4) is 17.2 Å². The number of nitrogens with one attached hydrogen (secondary N) is 1. The number of esters is 1. The number of carbonyl (C=O) groups is 2. The molecule has 1 aliphatic heterocycles. The van der Waals surface area contributed by atoms with Crippen molar-refractivity contribution in [1.29, 1.82) is 0 Å². The number of fused-ring (bicyclic) bond motifs is 1. The Morgan fingerprint density at radius 2 is 1.81 bits per heavy atom. The average molecular weight is 371 g/mol. The highest BCUT2D eigenvalue weighted by atomic mass is 16.6. The van der Waals surface area contributed by atoms with Gasteiger partial charge in [0.25, 0.3) is 5.91 Å². The molecule has 0 radical (unpaired) electrons. The van der Waals surface area contributed by atoms with Gasteiger partial charge in [-0.15, -0.1) is 0 Å². The van der Waals surface area contributed by atoms with Crippen molar-refractivity contribution in [2.24, 2.45) is 0 Å².